The summed E-state index contributed by atoms with van der Waals surface area (Å²) in [4.78, 5) is 20.9. The minimum atomic E-state index is -4.40. The van der Waals surface area contributed by atoms with E-state index < -0.39 is 17.6 Å². The zero-order chi connectivity index (χ0) is 21.5. The highest BCUT2D eigenvalue weighted by Crippen LogP contribution is 2.32. The second kappa shape index (κ2) is 7.59. The first-order valence-corrected chi connectivity index (χ1v) is 9.51. The molecule has 156 valence electrons. The number of carbonyl (C=O) groups is 1. The SMILES string of the molecule is Cc1cc(C(=O)N2CCN(c3cccc(C(F)(F)F)c3)CC2)c2cc(F)ccc2n1. The van der Waals surface area contributed by atoms with Gasteiger partial charge in [0.05, 0.1) is 16.6 Å². The predicted molar refractivity (Wildman–Crippen MR) is 106 cm³/mol. The molecular weight excluding hydrogens is 398 g/mol. The number of hydrogen-bond donors (Lipinski definition) is 0. The minimum absolute atomic E-state index is 0.236. The summed E-state index contributed by atoms with van der Waals surface area (Å²) in [5, 5.41) is 0.450. The Hall–Kier alpha value is -3.16. The Balaban J connectivity index is 1.53. The van der Waals surface area contributed by atoms with Crippen molar-refractivity contribution in [1.82, 2.24) is 9.88 Å². The smallest absolute Gasteiger partial charge is 0.368 e. The first-order chi connectivity index (χ1) is 14.2. The monoisotopic (exact) mass is 417 g/mol. The lowest BCUT2D eigenvalue weighted by Gasteiger charge is -2.36. The molecule has 0 spiro atoms. The maximum Gasteiger partial charge on any atom is 0.416 e. The Kier molecular flexibility index (Phi) is 5.09. The van der Waals surface area contributed by atoms with Gasteiger partial charge in [-0.2, -0.15) is 13.2 Å². The summed E-state index contributed by atoms with van der Waals surface area (Å²) in [7, 11) is 0. The number of pyridine rings is 1. The molecule has 0 radical (unpaired) electrons. The van der Waals surface area contributed by atoms with E-state index in [1.807, 2.05) is 4.90 Å². The number of amides is 1. The molecule has 0 saturated carbocycles. The quantitative estimate of drug-likeness (QED) is 0.569. The summed E-state index contributed by atoms with van der Waals surface area (Å²) in [5.74, 6) is -0.684. The van der Waals surface area contributed by atoms with Gasteiger partial charge in [-0.05, 0) is 49.4 Å². The first-order valence-electron chi connectivity index (χ1n) is 9.51. The molecule has 3 aromatic rings. The molecule has 0 unspecified atom stereocenters. The van der Waals surface area contributed by atoms with Gasteiger partial charge in [-0.1, -0.05) is 6.07 Å². The number of rotatable bonds is 2. The van der Waals surface area contributed by atoms with Crippen molar-refractivity contribution >= 4 is 22.5 Å². The van der Waals surface area contributed by atoms with Crippen molar-refractivity contribution in [1.29, 1.82) is 0 Å². The highest BCUT2D eigenvalue weighted by molar-refractivity contribution is 6.06. The molecule has 8 heteroatoms. The zero-order valence-electron chi connectivity index (χ0n) is 16.2. The molecule has 2 aromatic carbocycles. The third kappa shape index (κ3) is 3.94. The van der Waals surface area contributed by atoms with E-state index in [1.54, 1.807) is 30.0 Å². The van der Waals surface area contributed by atoms with Crippen molar-refractivity contribution in [2.24, 2.45) is 0 Å². The third-order valence-corrected chi connectivity index (χ3v) is 5.23. The summed E-state index contributed by atoms with van der Waals surface area (Å²) in [6, 6.07) is 11.0. The summed E-state index contributed by atoms with van der Waals surface area (Å²) >= 11 is 0. The molecule has 1 fully saturated rings. The van der Waals surface area contributed by atoms with Crippen LogP contribution < -0.4 is 4.90 Å². The van der Waals surface area contributed by atoms with Gasteiger partial charge < -0.3 is 9.80 Å². The number of benzene rings is 2. The second-order valence-corrected chi connectivity index (χ2v) is 7.30. The fourth-order valence-electron chi connectivity index (χ4n) is 3.72. The average Bonchev–Trinajstić information content (AvgIpc) is 2.72. The van der Waals surface area contributed by atoms with Gasteiger partial charge in [0, 0.05) is 42.9 Å². The topological polar surface area (TPSA) is 36.4 Å². The minimum Gasteiger partial charge on any atom is -0.368 e. The Morgan fingerprint density at radius 1 is 1.00 bits per heavy atom. The normalized spacial score (nSPS) is 15.0. The van der Waals surface area contributed by atoms with Gasteiger partial charge >= 0.3 is 6.18 Å². The van der Waals surface area contributed by atoms with E-state index in [-0.39, 0.29) is 5.91 Å². The molecular formula is C22H19F4N3O. The number of alkyl halides is 3. The molecule has 0 N–H and O–H groups in total. The lowest BCUT2D eigenvalue weighted by atomic mass is 10.1. The molecule has 4 rings (SSSR count). The first kappa shape index (κ1) is 20.1. The number of halogens is 4. The molecule has 1 saturated heterocycles. The Labute approximate surface area is 170 Å². The number of piperazine rings is 1. The van der Waals surface area contributed by atoms with Gasteiger partial charge in [0.2, 0.25) is 0 Å². The Bertz CT molecular complexity index is 1110. The van der Waals surface area contributed by atoms with Crippen LogP contribution in [0, 0.1) is 12.7 Å². The van der Waals surface area contributed by atoms with E-state index in [0.717, 1.165) is 12.1 Å². The molecule has 1 aromatic heterocycles. The van der Waals surface area contributed by atoms with Crippen LogP contribution in [0.15, 0.2) is 48.5 Å². The molecule has 0 bridgehead atoms. The van der Waals surface area contributed by atoms with E-state index in [2.05, 4.69) is 4.98 Å². The molecule has 2 heterocycles. The largest absolute Gasteiger partial charge is 0.416 e. The van der Waals surface area contributed by atoms with E-state index in [0.29, 0.717) is 54.0 Å². The summed E-state index contributed by atoms with van der Waals surface area (Å²) in [5.41, 5.74) is 1.36. The van der Waals surface area contributed by atoms with Crippen LogP contribution in [-0.4, -0.2) is 42.0 Å². The highest BCUT2D eigenvalue weighted by Gasteiger charge is 2.31. The molecule has 0 aliphatic carbocycles. The van der Waals surface area contributed by atoms with Crippen LogP contribution in [0.1, 0.15) is 21.6 Å². The second-order valence-electron chi connectivity index (χ2n) is 7.30. The number of carbonyl (C=O) groups excluding carboxylic acids is 1. The lowest BCUT2D eigenvalue weighted by molar-refractivity contribution is -0.137. The fourth-order valence-corrected chi connectivity index (χ4v) is 3.72. The van der Waals surface area contributed by atoms with Gasteiger partial charge in [0.1, 0.15) is 5.82 Å². The van der Waals surface area contributed by atoms with Crippen LogP contribution >= 0.6 is 0 Å². The molecule has 1 aliphatic rings. The summed E-state index contributed by atoms with van der Waals surface area (Å²) in [6.45, 7) is 3.29. The van der Waals surface area contributed by atoms with Gasteiger partial charge in [0.15, 0.2) is 0 Å². The van der Waals surface area contributed by atoms with Crippen molar-refractivity contribution in [3.8, 4) is 0 Å². The van der Waals surface area contributed by atoms with E-state index in [1.165, 1.54) is 18.2 Å². The Morgan fingerprint density at radius 3 is 2.43 bits per heavy atom. The third-order valence-electron chi connectivity index (χ3n) is 5.23. The fraction of sp³-hybridized carbons (Fsp3) is 0.273. The van der Waals surface area contributed by atoms with Crippen molar-refractivity contribution in [2.45, 2.75) is 13.1 Å². The number of nitrogens with zero attached hydrogens (tertiary/aromatic N) is 3. The Morgan fingerprint density at radius 2 is 1.73 bits per heavy atom. The number of fused-ring (bicyclic) bond motifs is 1. The van der Waals surface area contributed by atoms with E-state index in [4.69, 9.17) is 0 Å². The van der Waals surface area contributed by atoms with Crippen LogP contribution in [0.2, 0.25) is 0 Å². The van der Waals surface area contributed by atoms with Crippen LogP contribution in [0.5, 0.6) is 0 Å². The van der Waals surface area contributed by atoms with Crippen LogP contribution in [-0.2, 0) is 6.18 Å². The van der Waals surface area contributed by atoms with Gasteiger partial charge in [0.25, 0.3) is 5.91 Å². The maximum atomic E-state index is 13.7. The predicted octanol–water partition coefficient (Wildman–Crippen LogP) is 4.66. The molecule has 0 atom stereocenters. The van der Waals surface area contributed by atoms with Crippen molar-refractivity contribution in [3.63, 3.8) is 0 Å². The van der Waals surface area contributed by atoms with E-state index in [9.17, 15) is 22.4 Å². The lowest BCUT2D eigenvalue weighted by Crippen LogP contribution is -2.48. The van der Waals surface area contributed by atoms with Gasteiger partial charge in [-0.15, -0.1) is 0 Å². The molecule has 4 nitrogen and oxygen atoms in total. The van der Waals surface area contributed by atoms with E-state index >= 15 is 0 Å². The van der Waals surface area contributed by atoms with Crippen molar-refractivity contribution in [2.75, 3.05) is 31.1 Å². The zero-order valence-corrected chi connectivity index (χ0v) is 16.2. The number of anilines is 1. The molecule has 30 heavy (non-hydrogen) atoms. The number of aromatic nitrogens is 1. The number of hydrogen-bond acceptors (Lipinski definition) is 3. The van der Waals surface area contributed by atoms with Crippen molar-refractivity contribution < 1.29 is 22.4 Å². The standard InChI is InChI=1S/C22H19F4N3O/c1-14-11-19(18-13-16(23)5-6-20(18)27-14)21(30)29-9-7-28(8-10-29)17-4-2-3-15(12-17)22(24,25)26/h2-6,11-13H,7-10H2,1H3. The summed E-state index contributed by atoms with van der Waals surface area (Å²) < 4.78 is 52.7. The number of aryl methyl sites for hydroxylation is 1. The van der Waals surface area contributed by atoms with Crippen LogP contribution in [0.4, 0.5) is 23.2 Å². The maximum absolute atomic E-state index is 13.7. The van der Waals surface area contributed by atoms with Crippen molar-refractivity contribution in [3.05, 3.63) is 71.2 Å². The highest BCUT2D eigenvalue weighted by atomic mass is 19.4. The van der Waals surface area contributed by atoms with Gasteiger partial charge in [-0.25, -0.2) is 4.39 Å². The summed E-state index contributed by atoms with van der Waals surface area (Å²) in [6.07, 6.45) is -4.40. The van der Waals surface area contributed by atoms with Gasteiger partial charge in [-0.3, -0.25) is 9.78 Å². The van der Waals surface area contributed by atoms with Crippen LogP contribution in [0.25, 0.3) is 10.9 Å². The molecule has 1 aliphatic heterocycles. The van der Waals surface area contributed by atoms with Crippen LogP contribution in [0.3, 0.4) is 0 Å². The molecule has 1 amide bonds. The average molecular weight is 417 g/mol.